The lowest BCUT2D eigenvalue weighted by molar-refractivity contribution is -0.225. The van der Waals surface area contributed by atoms with Crippen LogP contribution in [-0.4, -0.2) is 15.0 Å². The van der Waals surface area contributed by atoms with Crippen LogP contribution in [0.15, 0.2) is 24.3 Å². The molecule has 1 saturated heterocycles. The van der Waals surface area contributed by atoms with E-state index in [-0.39, 0.29) is 0 Å². The quantitative estimate of drug-likeness (QED) is 0.795. The number of hydrogen-bond acceptors (Lipinski definition) is 2. The minimum atomic E-state index is -1.66. The highest BCUT2D eigenvalue weighted by Crippen LogP contribution is 2.55. The van der Waals surface area contributed by atoms with Gasteiger partial charge >= 0.3 is 0 Å². The van der Waals surface area contributed by atoms with E-state index >= 15 is 0 Å². The molecule has 1 aliphatic rings. The van der Waals surface area contributed by atoms with Crippen LogP contribution in [-0.2, 0) is 10.5 Å². The van der Waals surface area contributed by atoms with E-state index in [0.717, 1.165) is 5.56 Å². The Hall–Kier alpha value is -0.280. The molecule has 1 unspecified atom stereocenters. The van der Waals surface area contributed by atoms with E-state index in [4.69, 9.17) is 27.9 Å². The average molecular weight is 275 g/mol. The molecule has 4 heteroatoms. The molecule has 1 atom stereocenters. The summed E-state index contributed by atoms with van der Waals surface area (Å²) >= 11 is 12.4. The Bertz CT molecular complexity index is 426. The van der Waals surface area contributed by atoms with Gasteiger partial charge in [0, 0.05) is 12.0 Å². The van der Waals surface area contributed by atoms with Crippen molar-refractivity contribution in [3.63, 3.8) is 0 Å². The van der Waals surface area contributed by atoms with Crippen LogP contribution in [0, 0.1) is 6.92 Å². The minimum absolute atomic E-state index is 0.369. The minimum Gasteiger partial charge on any atom is -0.359 e. The summed E-state index contributed by atoms with van der Waals surface area (Å²) in [4.78, 5) is 0. The molecular formula is C13H16Cl2O2. The molecule has 0 aliphatic carbocycles. The number of halogens is 2. The summed E-state index contributed by atoms with van der Waals surface area (Å²) in [6.07, 6.45) is 0.369. The first-order valence-electron chi connectivity index (χ1n) is 5.54. The van der Waals surface area contributed by atoms with Crippen molar-refractivity contribution in [3.05, 3.63) is 35.4 Å². The first-order chi connectivity index (χ1) is 7.66. The first-order valence-corrected chi connectivity index (χ1v) is 6.29. The van der Waals surface area contributed by atoms with Crippen molar-refractivity contribution in [2.75, 3.05) is 0 Å². The lowest BCUT2D eigenvalue weighted by atomic mass is 9.98. The molecule has 1 aromatic rings. The molecule has 1 heterocycles. The molecule has 1 aliphatic heterocycles. The van der Waals surface area contributed by atoms with Crippen LogP contribution in [0.25, 0.3) is 0 Å². The Balaban J connectivity index is 2.45. The standard InChI is InChI=1S/C13H16Cl2O2/c1-9-4-6-10(7-5-9)13(16)12(14,15)8-11(2,3)17-13/h4-7,16H,8H2,1-3H3. The van der Waals surface area contributed by atoms with Crippen LogP contribution in [0.2, 0.25) is 0 Å². The van der Waals surface area contributed by atoms with Gasteiger partial charge in [-0.1, -0.05) is 53.0 Å². The summed E-state index contributed by atoms with van der Waals surface area (Å²) in [6, 6.07) is 7.37. The van der Waals surface area contributed by atoms with Gasteiger partial charge in [0.15, 0.2) is 4.33 Å². The summed E-state index contributed by atoms with van der Waals surface area (Å²) in [7, 11) is 0. The third-order valence-electron chi connectivity index (χ3n) is 3.01. The smallest absolute Gasteiger partial charge is 0.227 e. The zero-order valence-corrected chi connectivity index (χ0v) is 11.6. The fourth-order valence-electron chi connectivity index (χ4n) is 2.21. The lowest BCUT2D eigenvalue weighted by Crippen LogP contribution is -2.40. The van der Waals surface area contributed by atoms with Crippen molar-refractivity contribution in [2.45, 2.75) is 42.9 Å². The topological polar surface area (TPSA) is 29.5 Å². The summed E-state index contributed by atoms with van der Waals surface area (Å²) in [5.41, 5.74) is 1.13. The number of rotatable bonds is 1. The Labute approximate surface area is 111 Å². The van der Waals surface area contributed by atoms with Crippen LogP contribution < -0.4 is 0 Å². The SMILES string of the molecule is Cc1ccc(C2(O)OC(C)(C)CC2(Cl)Cl)cc1. The molecule has 1 N–H and O–H groups in total. The Morgan fingerprint density at radius 2 is 1.71 bits per heavy atom. The Morgan fingerprint density at radius 3 is 2.12 bits per heavy atom. The molecule has 17 heavy (non-hydrogen) atoms. The number of hydrogen-bond donors (Lipinski definition) is 1. The molecule has 94 valence electrons. The van der Waals surface area contributed by atoms with Gasteiger partial charge in [0.05, 0.1) is 5.60 Å². The van der Waals surface area contributed by atoms with Gasteiger partial charge in [-0.25, -0.2) is 0 Å². The summed E-state index contributed by atoms with van der Waals surface area (Å²) in [6.45, 7) is 5.69. The first kappa shape index (κ1) is 13.2. The van der Waals surface area contributed by atoms with Crippen molar-refractivity contribution in [3.8, 4) is 0 Å². The van der Waals surface area contributed by atoms with Crippen LogP contribution in [0.1, 0.15) is 31.4 Å². The van der Waals surface area contributed by atoms with Crippen LogP contribution >= 0.6 is 23.2 Å². The zero-order valence-electron chi connectivity index (χ0n) is 10.1. The zero-order chi connectivity index (χ0) is 12.9. The number of ether oxygens (including phenoxy) is 1. The second-order valence-electron chi connectivity index (χ2n) is 5.25. The number of alkyl halides is 2. The van der Waals surface area contributed by atoms with Gasteiger partial charge < -0.3 is 9.84 Å². The monoisotopic (exact) mass is 274 g/mol. The predicted octanol–water partition coefficient (Wildman–Crippen LogP) is 3.51. The van der Waals surface area contributed by atoms with Gasteiger partial charge in [0.25, 0.3) is 0 Å². The molecule has 2 nitrogen and oxygen atoms in total. The molecule has 1 fully saturated rings. The van der Waals surface area contributed by atoms with E-state index in [1.807, 2.05) is 32.9 Å². The van der Waals surface area contributed by atoms with Gasteiger partial charge in [-0.2, -0.15) is 0 Å². The van der Waals surface area contributed by atoms with Gasteiger partial charge in [-0.3, -0.25) is 0 Å². The predicted molar refractivity (Wildman–Crippen MR) is 69.3 cm³/mol. The molecule has 2 rings (SSSR count). The second-order valence-corrected chi connectivity index (χ2v) is 6.74. The van der Waals surface area contributed by atoms with Gasteiger partial charge in [0.2, 0.25) is 5.79 Å². The fourth-order valence-corrected chi connectivity index (χ4v) is 3.15. The molecule has 0 spiro atoms. The van der Waals surface area contributed by atoms with Gasteiger partial charge in [-0.05, 0) is 20.8 Å². The number of benzene rings is 1. The van der Waals surface area contributed by atoms with E-state index in [2.05, 4.69) is 0 Å². The molecule has 0 amide bonds. The Kier molecular flexibility index (Phi) is 2.98. The van der Waals surface area contributed by atoms with E-state index in [9.17, 15) is 5.11 Å². The maximum absolute atomic E-state index is 10.6. The van der Waals surface area contributed by atoms with Crippen molar-refractivity contribution in [1.29, 1.82) is 0 Å². The average Bonchev–Trinajstić information content (AvgIpc) is 2.32. The second kappa shape index (κ2) is 3.86. The molecule has 1 aromatic carbocycles. The largest absolute Gasteiger partial charge is 0.359 e. The lowest BCUT2D eigenvalue weighted by Gasteiger charge is -2.32. The summed E-state index contributed by atoms with van der Waals surface area (Å²) in [5.74, 6) is -1.66. The van der Waals surface area contributed by atoms with E-state index in [1.54, 1.807) is 12.1 Å². The Morgan fingerprint density at radius 1 is 1.18 bits per heavy atom. The molecule has 0 aromatic heterocycles. The highest BCUT2D eigenvalue weighted by Gasteiger charge is 2.61. The van der Waals surface area contributed by atoms with E-state index in [1.165, 1.54) is 0 Å². The van der Waals surface area contributed by atoms with Gasteiger partial charge in [0.1, 0.15) is 0 Å². The normalized spacial score (nSPS) is 30.5. The highest BCUT2D eigenvalue weighted by molar-refractivity contribution is 6.49. The van der Waals surface area contributed by atoms with Crippen molar-refractivity contribution >= 4 is 23.2 Å². The summed E-state index contributed by atoms with van der Waals surface area (Å²) < 4.78 is 4.33. The van der Waals surface area contributed by atoms with Crippen molar-refractivity contribution in [2.24, 2.45) is 0 Å². The van der Waals surface area contributed by atoms with E-state index < -0.39 is 15.7 Å². The molecular weight excluding hydrogens is 259 g/mol. The van der Waals surface area contributed by atoms with Crippen molar-refractivity contribution < 1.29 is 9.84 Å². The van der Waals surface area contributed by atoms with Crippen LogP contribution in [0.4, 0.5) is 0 Å². The maximum Gasteiger partial charge on any atom is 0.227 e. The molecule has 0 radical (unpaired) electrons. The summed E-state index contributed by atoms with van der Waals surface area (Å²) in [5, 5.41) is 10.6. The number of aryl methyl sites for hydroxylation is 1. The van der Waals surface area contributed by atoms with Crippen LogP contribution in [0.5, 0.6) is 0 Å². The maximum atomic E-state index is 10.6. The molecule has 0 saturated carbocycles. The highest BCUT2D eigenvalue weighted by atomic mass is 35.5. The van der Waals surface area contributed by atoms with Crippen molar-refractivity contribution in [1.82, 2.24) is 0 Å². The third kappa shape index (κ3) is 2.19. The van der Waals surface area contributed by atoms with Gasteiger partial charge in [-0.15, -0.1) is 0 Å². The number of aliphatic hydroxyl groups is 1. The van der Waals surface area contributed by atoms with Crippen LogP contribution in [0.3, 0.4) is 0 Å². The fraction of sp³-hybridized carbons (Fsp3) is 0.538. The third-order valence-corrected chi connectivity index (χ3v) is 3.79. The van der Waals surface area contributed by atoms with E-state index in [0.29, 0.717) is 12.0 Å². The molecule has 0 bridgehead atoms.